The summed E-state index contributed by atoms with van der Waals surface area (Å²) in [5.41, 5.74) is 3.10. The van der Waals surface area contributed by atoms with Crippen LogP contribution in [0.1, 0.15) is 59.0 Å². The molecular weight excluding hydrogens is 482 g/mol. The van der Waals surface area contributed by atoms with Gasteiger partial charge in [-0.3, -0.25) is 4.90 Å². The molecule has 0 spiro atoms. The Morgan fingerprint density at radius 3 is 2.66 bits per heavy atom. The Hall–Kier alpha value is -2.36. The molecule has 188 valence electrons. The van der Waals surface area contributed by atoms with Crippen molar-refractivity contribution in [2.24, 2.45) is 0 Å². The summed E-state index contributed by atoms with van der Waals surface area (Å²) in [5, 5.41) is 4.97. The lowest BCUT2D eigenvalue weighted by Crippen LogP contribution is -2.49. The van der Waals surface area contributed by atoms with Crippen molar-refractivity contribution in [2.75, 3.05) is 44.9 Å². The number of benzene rings is 1. The molecule has 2 aliphatic heterocycles. The van der Waals surface area contributed by atoms with Crippen molar-refractivity contribution in [2.45, 2.75) is 52.0 Å². The predicted molar refractivity (Wildman–Crippen MR) is 142 cm³/mol. The highest BCUT2D eigenvalue weighted by Gasteiger charge is 2.27. The Bertz CT molecular complexity index is 1080. The highest BCUT2D eigenvalue weighted by atomic mass is 32.1. The van der Waals surface area contributed by atoms with Crippen LogP contribution in [0.5, 0.6) is 11.5 Å². The van der Waals surface area contributed by atoms with Crippen LogP contribution in [0, 0.1) is 0 Å². The zero-order chi connectivity index (χ0) is 24.2. The van der Waals surface area contributed by atoms with E-state index in [2.05, 4.69) is 27.2 Å². The number of fused-ring (bicyclic) bond motifs is 2. The van der Waals surface area contributed by atoms with Gasteiger partial charge in [0, 0.05) is 37.6 Å². The lowest BCUT2D eigenvalue weighted by molar-refractivity contribution is 0.0526. The van der Waals surface area contributed by atoms with Gasteiger partial charge in [-0.1, -0.05) is 18.9 Å². The van der Waals surface area contributed by atoms with Gasteiger partial charge in [-0.25, -0.2) is 4.79 Å². The van der Waals surface area contributed by atoms with Crippen molar-refractivity contribution in [3.63, 3.8) is 0 Å². The molecule has 1 aromatic heterocycles. The first-order valence-corrected chi connectivity index (χ1v) is 13.8. The first-order chi connectivity index (χ1) is 17.1. The molecule has 0 saturated carbocycles. The van der Waals surface area contributed by atoms with Crippen LogP contribution in [-0.2, 0) is 24.1 Å². The molecule has 0 unspecified atom stereocenters. The van der Waals surface area contributed by atoms with E-state index in [0.717, 1.165) is 68.5 Å². The van der Waals surface area contributed by atoms with Gasteiger partial charge in [-0.05, 0) is 68.1 Å². The highest BCUT2D eigenvalue weighted by molar-refractivity contribution is 7.80. The molecule has 1 aliphatic carbocycles. The Labute approximate surface area is 216 Å². The van der Waals surface area contributed by atoms with E-state index in [1.165, 1.54) is 35.3 Å². The fourth-order valence-corrected chi connectivity index (χ4v) is 6.64. The summed E-state index contributed by atoms with van der Waals surface area (Å²) in [6.07, 6.45) is 6.72. The molecule has 3 heterocycles. The molecule has 7 nitrogen and oxygen atoms in total. The zero-order valence-electron chi connectivity index (χ0n) is 20.3. The Balaban J connectivity index is 1.22. The van der Waals surface area contributed by atoms with Crippen LogP contribution in [0.2, 0.25) is 0 Å². The average Bonchev–Trinajstić information content (AvgIpc) is 3.43. The van der Waals surface area contributed by atoms with Crippen molar-refractivity contribution in [3.8, 4) is 11.5 Å². The maximum absolute atomic E-state index is 12.9. The van der Waals surface area contributed by atoms with Gasteiger partial charge in [0.1, 0.15) is 5.00 Å². The summed E-state index contributed by atoms with van der Waals surface area (Å²) in [7, 11) is 0. The quantitative estimate of drug-likeness (QED) is 0.449. The molecule has 3 aliphatic rings. The normalized spacial score (nSPS) is 17.9. The lowest BCUT2D eigenvalue weighted by atomic mass is 9.96. The predicted octanol–water partition coefficient (Wildman–Crippen LogP) is 4.83. The minimum Gasteiger partial charge on any atom is -0.462 e. The van der Waals surface area contributed by atoms with Crippen LogP contribution in [-0.4, -0.2) is 60.5 Å². The van der Waals surface area contributed by atoms with Crippen LogP contribution < -0.4 is 14.8 Å². The van der Waals surface area contributed by atoms with Gasteiger partial charge in [0.05, 0.1) is 12.2 Å². The molecule has 9 heteroatoms. The molecule has 0 amide bonds. The lowest BCUT2D eigenvalue weighted by Gasteiger charge is -2.36. The van der Waals surface area contributed by atoms with E-state index in [4.69, 9.17) is 26.4 Å². The fourth-order valence-electron chi connectivity index (χ4n) is 5.01. The van der Waals surface area contributed by atoms with Crippen LogP contribution in [0.15, 0.2) is 18.2 Å². The van der Waals surface area contributed by atoms with Crippen molar-refractivity contribution >= 4 is 39.6 Å². The number of piperazine rings is 1. The van der Waals surface area contributed by atoms with E-state index >= 15 is 0 Å². The number of hydrogen-bond donors (Lipinski definition) is 1. The zero-order valence-corrected chi connectivity index (χ0v) is 21.9. The third-order valence-electron chi connectivity index (χ3n) is 6.87. The molecule has 1 fully saturated rings. The Morgan fingerprint density at radius 1 is 1.09 bits per heavy atom. The largest absolute Gasteiger partial charge is 0.462 e. The number of carbonyl (C=O) groups is 1. The van der Waals surface area contributed by atoms with Crippen molar-refractivity contribution in [3.05, 3.63) is 39.8 Å². The maximum atomic E-state index is 12.9. The highest BCUT2D eigenvalue weighted by Crippen LogP contribution is 2.38. The Kier molecular flexibility index (Phi) is 7.75. The van der Waals surface area contributed by atoms with E-state index in [0.29, 0.717) is 24.1 Å². The van der Waals surface area contributed by atoms with Gasteiger partial charge < -0.3 is 24.4 Å². The number of ether oxygens (including phenoxy) is 3. The van der Waals surface area contributed by atoms with Crippen LogP contribution >= 0.6 is 23.6 Å². The smallest absolute Gasteiger partial charge is 0.341 e. The minimum atomic E-state index is -0.232. The molecule has 1 N–H and O–H groups in total. The average molecular weight is 516 g/mol. The summed E-state index contributed by atoms with van der Waals surface area (Å²) in [4.78, 5) is 18.9. The van der Waals surface area contributed by atoms with Crippen molar-refractivity contribution in [1.82, 2.24) is 9.80 Å². The molecule has 1 aromatic carbocycles. The number of carbonyl (C=O) groups excluding carboxylic acids is 1. The monoisotopic (exact) mass is 515 g/mol. The topological polar surface area (TPSA) is 63.3 Å². The number of anilines is 1. The van der Waals surface area contributed by atoms with E-state index in [1.54, 1.807) is 11.3 Å². The number of rotatable bonds is 5. The first-order valence-electron chi connectivity index (χ1n) is 12.6. The Morgan fingerprint density at radius 2 is 1.86 bits per heavy atom. The van der Waals surface area contributed by atoms with Crippen LogP contribution in [0.3, 0.4) is 0 Å². The second-order valence-corrected chi connectivity index (χ2v) is 10.7. The standard InChI is InChI=1S/C26H33N3O4S2/c1-2-31-25(30)23-19-7-5-3-4-6-8-22(19)35-24(23)27-26(34)29-13-11-28(12-14-29)16-18-9-10-20-21(15-18)33-17-32-20/h9-10,15H,2-8,11-14,16-17H2,1H3,(H,27,34). The van der Waals surface area contributed by atoms with Gasteiger partial charge in [-0.15, -0.1) is 11.3 Å². The number of thiophene rings is 1. The summed E-state index contributed by atoms with van der Waals surface area (Å²) in [6, 6.07) is 6.16. The van der Waals surface area contributed by atoms with Gasteiger partial charge in [0.15, 0.2) is 16.6 Å². The van der Waals surface area contributed by atoms with E-state index < -0.39 is 0 Å². The number of thiocarbonyl (C=S) groups is 1. The molecule has 0 radical (unpaired) electrons. The molecule has 35 heavy (non-hydrogen) atoms. The first kappa shape index (κ1) is 24.3. The SMILES string of the molecule is CCOC(=O)c1c(NC(=S)N2CCN(Cc3ccc4c(c3)OCO4)CC2)sc2c1CCCCCC2. The number of nitrogens with zero attached hydrogens (tertiary/aromatic N) is 2. The number of hydrogen-bond acceptors (Lipinski definition) is 7. The molecule has 0 atom stereocenters. The number of aryl methyl sites for hydroxylation is 1. The van der Waals surface area contributed by atoms with Crippen LogP contribution in [0.25, 0.3) is 0 Å². The minimum absolute atomic E-state index is 0.232. The van der Waals surface area contributed by atoms with E-state index in [1.807, 2.05) is 13.0 Å². The van der Waals surface area contributed by atoms with Gasteiger partial charge >= 0.3 is 5.97 Å². The summed E-state index contributed by atoms with van der Waals surface area (Å²) in [5.74, 6) is 1.41. The summed E-state index contributed by atoms with van der Waals surface area (Å²) < 4.78 is 16.4. The van der Waals surface area contributed by atoms with Gasteiger partial charge in [0.25, 0.3) is 0 Å². The molecule has 2 aromatic rings. The second-order valence-electron chi connectivity index (χ2n) is 9.22. The van der Waals surface area contributed by atoms with E-state index in [9.17, 15) is 4.79 Å². The van der Waals surface area contributed by atoms with E-state index in [-0.39, 0.29) is 5.97 Å². The maximum Gasteiger partial charge on any atom is 0.341 e. The number of nitrogens with one attached hydrogen (secondary N) is 1. The van der Waals surface area contributed by atoms with Gasteiger partial charge in [0.2, 0.25) is 6.79 Å². The third kappa shape index (κ3) is 5.57. The number of esters is 1. The fraction of sp³-hybridized carbons (Fsp3) is 0.538. The molecule has 5 rings (SSSR count). The van der Waals surface area contributed by atoms with Crippen molar-refractivity contribution in [1.29, 1.82) is 0 Å². The summed E-state index contributed by atoms with van der Waals surface area (Å²) in [6.45, 7) is 6.92. The summed E-state index contributed by atoms with van der Waals surface area (Å²) >= 11 is 7.49. The van der Waals surface area contributed by atoms with Crippen molar-refractivity contribution < 1.29 is 19.0 Å². The molecule has 0 bridgehead atoms. The second kappa shape index (κ2) is 11.1. The molecular formula is C26H33N3O4S2. The molecule has 1 saturated heterocycles. The third-order valence-corrected chi connectivity index (χ3v) is 8.44. The van der Waals surface area contributed by atoms with Gasteiger partial charge in [-0.2, -0.15) is 0 Å². The van der Waals surface area contributed by atoms with Crippen LogP contribution in [0.4, 0.5) is 5.00 Å².